The van der Waals surface area contributed by atoms with Crippen LogP contribution in [0.25, 0.3) is 0 Å². The lowest BCUT2D eigenvalue weighted by Crippen LogP contribution is -2.54. The predicted molar refractivity (Wildman–Crippen MR) is 119 cm³/mol. The van der Waals surface area contributed by atoms with Gasteiger partial charge >= 0.3 is 8.48 Å². The van der Waals surface area contributed by atoms with Crippen molar-refractivity contribution in [3.05, 3.63) is 0 Å². The highest BCUT2D eigenvalue weighted by Crippen LogP contribution is 2.73. The van der Waals surface area contributed by atoms with Crippen LogP contribution >= 0.6 is 0 Å². The molecule has 0 radical (unpaired) electrons. The SMILES string of the molecule is CC(C)(O[Si]12CC1(O[Si](C)(C)C)N2)C1(C)C[Si]1(C)OC(C)(C)[Si](C)(C)C. The van der Waals surface area contributed by atoms with Crippen molar-refractivity contribution in [3.63, 3.8) is 0 Å². The fraction of sp³-hybridized carbons (Fsp3) is 1.00. The highest BCUT2D eigenvalue weighted by molar-refractivity contribution is 6.97. The van der Waals surface area contributed by atoms with Crippen LogP contribution in [0.3, 0.4) is 0 Å². The molecule has 0 spiro atoms. The first-order chi connectivity index (χ1) is 11.2. The summed E-state index contributed by atoms with van der Waals surface area (Å²) < 4.78 is 20.2. The van der Waals surface area contributed by atoms with Crippen LogP contribution in [0.4, 0.5) is 0 Å². The smallest absolute Gasteiger partial charge is 0.321 e. The second kappa shape index (κ2) is 5.24. The molecule has 0 aliphatic carbocycles. The van der Waals surface area contributed by atoms with Crippen molar-refractivity contribution in [2.75, 3.05) is 0 Å². The van der Waals surface area contributed by atoms with Crippen molar-refractivity contribution in [2.45, 2.75) is 114 Å². The van der Waals surface area contributed by atoms with Crippen molar-refractivity contribution in [2.24, 2.45) is 0 Å². The third kappa shape index (κ3) is 3.12. The summed E-state index contributed by atoms with van der Waals surface area (Å²) in [5.41, 5.74) is -0.149. The summed E-state index contributed by atoms with van der Waals surface area (Å²) in [6.45, 7) is 28.1. The van der Waals surface area contributed by atoms with Gasteiger partial charge in [0, 0.05) is 16.3 Å². The Morgan fingerprint density at radius 1 is 0.923 bits per heavy atom. The zero-order chi connectivity index (χ0) is 20.2. The van der Waals surface area contributed by atoms with Crippen LogP contribution in [0.15, 0.2) is 0 Å². The van der Waals surface area contributed by atoms with Crippen LogP contribution in [0.5, 0.6) is 0 Å². The molecule has 8 heteroatoms. The highest BCUT2D eigenvalue weighted by Gasteiger charge is 2.93. The molecule has 4 atom stereocenters. The Bertz CT molecular complexity index is 619. The maximum atomic E-state index is 6.95. The number of hydrogen-bond acceptors (Lipinski definition) is 4. The zero-order valence-corrected chi connectivity index (χ0v) is 23.1. The quantitative estimate of drug-likeness (QED) is 0.436. The van der Waals surface area contributed by atoms with E-state index in [1.165, 1.54) is 6.04 Å². The lowest BCUT2D eigenvalue weighted by Gasteiger charge is -2.43. The summed E-state index contributed by atoms with van der Waals surface area (Å²) in [6.07, 6.45) is 0. The second-order valence-corrected chi connectivity index (χ2v) is 29.9. The van der Waals surface area contributed by atoms with E-state index in [9.17, 15) is 0 Å². The van der Waals surface area contributed by atoms with Gasteiger partial charge in [-0.15, -0.1) is 0 Å². The fourth-order valence-corrected chi connectivity index (χ4v) is 18.0. The van der Waals surface area contributed by atoms with E-state index in [2.05, 4.69) is 85.4 Å². The average Bonchev–Trinajstić information content (AvgIpc) is 3.16. The van der Waals surface area contributed by atoms with Gasteiger partial charge in [-0.25, -0.2) is 0 Å². The molecule has 26 heavy (non-hydrogen) atoms. The van der Waals surface area contributed by atoms with Crippen LogP contribution in [0, 0.1) is 0 Å². The molecular weight excluding hydrogens is 391 g/mol. The van der Waals surface area contributed by atoms with Crippen LogP contribution in [-0.2, 0) is 13.3 Å². The topological polar surface area (TPSA) is 49.6 Å². The molecule has 3 saturated heterocycles. The highest BCUT2D eigenvalue weighted by atomic mass is 28.4. The Kier molecular flexibility index (Phi) is 4.32. The van der Waals surface area contributed by atoms with E-state index in [0.717, 1.165) is 6.04 Å². The Morgan fingerprint density at radius 2 is 1.42 bits per heavy atom. The molecule has 3 fully saturated rings. The summed E-state index contributed by atoms with van der Waals surface area (Å²) in [7, 11) is -6.55. The molecule has 0 aromatic carbocycles. The summed E-state index contributed by atoms with van der Waals surface area (Å²) >= 11 is 0. The monoisotopic (exact) mass is 431 g/mol. The number of nitrogens with one attached hydrogen (secondary N) is 1. The largest absolute Gasteiger partial charge is 0.414 e. The van der Waals surface area contributed by atoms with Gasteiger partial charge in [0.25, 0.3) is 0 Å². The van der Waals surface area contributed by atoms with Crippen molar-refractivity contribution in [3.8, 4) is 0 Å². The molecule has 0 bridgehead atoms. The Hall–Kier alpha value is 0.708. The van der Waals surface area contributed by atoms with Gasteiger partial charge in [-0.2, -0.15) is 0 Å². The van der Waals surface area contributed by atoms with Crippen LogP contribution in [-0.4, -0.2) is 49.4 Å². The molecule has 0 aromatic heterocycles. The van der Waals surface area contributed by atoms with Crippen LogP contribution in [0.2, 0.25) is 63.0 Å². The standard InChI is InChI=1S/C18H41NO3Si4/c1-15(2,20-26-14-18(26,19-26)22-24(9,10)11)17(5)13-25(17,12)21-16(3,4)23(6,7)8/h19H,13-14H2,1-12H3. The van der Waals surface area contributed by atoms with Crippen molar-refractivity contribution in [1.82, 2.24) is 4.98 Å². The van der Waals surface area contributed by atoms with Gasteiger partial charge < -0.3 is 13.3 Å². The molecule has 3 rings (SSSR count). The van der Waals surface area contributed by atoms with E-state index < -0.39 is 33.2 Å². The lowest BCUT2D eigenvalue weighted by molar-refractivity contribution is 0.0715. The summed E-state index contributed by atoms with van der Waals surface area (Å²) in [4.78, 5) is 3.64. The number of fused-ring (bicyclic) bond motifs is 1. The molecule has 3 aliphatic heterocycles. The van der Waals surface area contributed by atoms with Gasteiger partial charge in [0.05, 0.1) is 13.7 Å². The first-order valence-electron chi connectivity index (χ1n) is 10.1. The first-order valence-corrected chi connectivity index (χ1v) is 21.8. The second-order valence-electron chi connectivity index (χ2n) is 12.4. The van der Waals surface area contributed by atoms with Gasteiger partial charge in [-0.05, 0) is 59.9 Å². The maximum absolute atomic E-state index is 6.95. The van der Waals surface area contributed by atoms with E-state index in [4.69, 9.17) is 13.3 Å². The average molecular weight is 432 g/mol. The Balaban J connectivity index is 1.68. The van der Waals surface area contributed by atoms with Gasteiger partial charge in [-0.3, -0.25) is 4.98 Å². The third-order valence-electron chi connectivity index (χ3n) is 7.62. The van der Waals surface area contributed by atoms with Crippen molar-refractivity contribution in [1.29, 1.82) is 0 Å². The predicted octanol–water partition coefficient (Wildman–Crippen LogP) is 4.95. The number of rotatable bonds is 8. The summed E-state index contributed by atoms with van der Waals surface area (Å²) in [6, 6.07) is 2.33. The summed E-state index contributed by atoms with van der Waals surface area (Å²) in [5, 5.41) is 0.145. The molecule has 0 amide bonds. The molecule has 4 nitrogen and oxygen atoms in total. The van der Waals surface area contributed by atoms with E-state index in [-0.39, 0.29) is 21.2 Å². The fourth-order valence-electron chi connectivity index (χ4n) is 4.29. The lowest BCUT2D eigenvalue weighted by atomic mass is 9.95. The van der Waals surface area contributed by atoms with E-state index >= 15 is 0 Å². The normalized spacial score (nSPS) is 42.5. The van der Waals surface area contributed by atoms with Crippen LogP contribution in [0.1, 0.15) is 34.6 Å². The van der Waals surface area contributed by atoms with Gasteiger partial charge in [0.1, 0.15) is 5.35 Å². The summed E-state index contributed by atoms with van der Waals surface area (Å²) in [5.74, 6) is 0. The molecule has 1 N–H and O–H groups in total. The van der Waals surface area contributed by atoms with Gasteiger partial charge in [0.2, 0.25) is 0 Å². The van der Waals surface area contributed by atoms with Gasteiger partial charge in [0.15, 0.2) is 16.6 Å². The molecule has 152 valence electrons. The Labute approximate surface area is 165 Å². The minimum Gasteiger partial charge on any atom is -0.414 e. The molecule has 4 unspecified atom stereocenters. The molecule has 0 saturated carbocycles. The van der Waals surface area contributed by atoms with Crippen molar-refractivity contribution >= 4 is 33.2 Å². The maximum Gasteiger partial charge on any atom is 0.321 e. The third-order valence-corrected chi connectivity index (χ3v) is 21.4. The van der Waals surface area contributed by atoms with Crippen molar-refractivity contribution < 1.29 is 13.3 Å². The van der Waals surface area contributed by atoms with E-state index in [1.807, 2.05) is 0 Å². The first kappa shape index (κ1) is 21.4. The molecule has 3 aliphatic rings. The minimum absolute atomic E-state index is 0.0135. The molecule has 3 heterocycles. The van der Waals surface area contributed by atoms with Gasteiger partial charge in [-0.1, -0.05) is 26.6 Å². The molecular formula is C18H41NO3Si4. The number of hydrogen-bond donors (Lipinski definition) is 1. The van der Waals surface area contributed by atoms with E-state index in [0.29, 0.717) is 0 Å². The van der Waals surface area contributed by atoms with E-state index in [1.54, 1.807) is 0 Å². The minimum atomic E-state index is -1.83. The molecule has 0 aromatic rings. The Morgan fingerprint density at radius 3 is 1.85 bits per heavy atom. The van der Waals surface area contributed by atoms with Crippen LogP contribution < -0.4 is 4.98 Å². The zero-order valence-electron chi connectivity index (χ0n) is 19.1.